The molecule has 0 fully saturated rings. The number of nitrogens with zero attached hydrogens (tertiary/aromatic N) is 4. The number of hydrogen-bond donors (Lipinski definition) is 3. The van der Waals surface area contributed by atoms with Crippen molar-refractivity contribution in [2.24, 2.45) is 0 Å². The van der Waals surface area contributed by atoms with Gasteiger partial charge in [0.25, 0.3) is 5.91 Å². The first kappa shape index (κ1) is 19.7. The number of benzene rings is 3. The Morgan fingerprint density at radius 3 is 2.81 bits per heavy atom. The van der Waals surface area contributed by atoms with Crippen molar-refractivity contribution in [3.63, 3.8) is 0 Å². The van der Waals surface area contributed by atoms with E-state index in [0.717, 1.165) is 27.2 Å². The molecule has 2 heterocycles. The van der Waals surface area contributed by atoms with Gasteiger partial charge in [0.2, 0.25) is 5.13 Å². The van der Waals surface area contributed by atoms with Crippen molar-refractivity contribution in [1.29, 1.82) is 0 Å². The van der Waals surface area contributed by atoms with Crippen LogP contribution in [0.1, 0.15) is 10.4 Å². The number of phenolic OH excluding ortho intramolecular Hbond substituents is 1. The highest BCUT2D eigenvalue weighted by Crippen LogP contribution is 2.31. The van der Waals surface area contributed by atoms with Crippen molar-refractivity contribution < 1.29 is 9.90 Å². The molecule has 1 amide bonds. The molecule has 0 radical (unpaired) electrons. The normalized spacial score (nSPS) is 10.9. The first-order valence-electron chi connectivity index (χ1n) is 9.78. The van der Waals surface area contributed by atoms with E-state index in [1.165, 1.54) is 23.5 Å². The van der Waals surface area contributed by atoms with E-state index >= 15 is 0 Å². The third-order valence-corrected chi connectivity index (χ3v) is 5.88. The lowest BCUT2D eigenvalue weighted by molar-refractivity contribution is 0.0992. The fourth-order valence-corrected chi connectivity index (χ4v) is 4.09. The smallest absolute Gasteiger partial charge is 0.258 e. The molecular weight excluding hydrogens is 424 g/mol. The molecular formula is C23H18N6O2S. The number of fused-ring (bicyclic) bond motifs is 1. The van der Waals surface area contributed by atoms with E-state index < -0.39 is 0 Å². The van der Waals surface area contributed by atoms with Crippen LogP contribution in [0.5, 0.6) is 5.75 Å². The zero-order valence-electron chi connectivity index (χ0n) is 17.0. The lowest BCUT2D eigenvalue weighted by Crippen LogP contribution is -2.26. The summed E-state index contributed by atoms with van der Waals surface area (Å²) >= 11 is 1.42. The number of anilines is 3. The highest BCUT2D eigenvalue weighted by atomic mass is 32.1. The lowest BCUT2D eigenvalue weighted by atomic mass is 10.1. The second-order valence-corrected chi connectivity index (χ2v) is 8.15. The molecule has 0 saturated carbocycles. The van der Waals surface area contributed by atoms with Crippen LogP contribution in [0, 0.1) is 0 Å². The minimum absolute atomic E-state index is 0.0545. The average molecular weight is 443 g/mol. The van der Waals surface area contributed by atoms with E-state index in [4.69, 9.17) is 0 Å². The van der Waals surface area contributed by atoms with Crippen molar-refractivity contribution in [2.75, 3.05) is 17.3 Å². The van der Waals surface area contributed by atoms with E-state index in [1.807, 2.05) is 42.5 Å². The second kappa shape index (κ2) is 8.12. The Bertz CT molecular complexity index is 1430. The molecule has 5 aromatic rings. The Kier molecular flexibility index (Phi) is 5.00. The van der Waals surface area contributed by atoms with Gasteiger partial charge in [0, 0.05) is 34.9 Å². The summed E-state index contributed by atoms with van der Waals surface area (Å²) in [5, 5.41) is 30.8. The minimum atomic E-state index is -0.215. The summed E-state index contributed by atoms with van der Waals surface area (Å²) in [6.45, 7) is 0. The van der Waals surface area contributed by atoms with Crippen molar-refractivity contribution in [3.8, 4) is 16.3 Å². The largest absolute Gasteiger partial charge is 0.508 e. The van der Waals surface area contributed by atoms with Gasteiger partial charge in [0.05, 0.1) is 11.7 Å². The number of amides is 1. The molecule has 3 aromatic carbocycles. The summed E-state index contributed by atoms with van der Waals surface area (Å²) < 4.78 is 0. The van der Waals surface area contributed by atoms with E-state index in [-0.39, 0.29) is 11.7 Å². The lowest BCUT2D eigenvalue weighted by Gasteiger charge is -2.18. The van der Waals surface area contributed by atoms with Crippen LogP contribution < -0.4 is 10.2 Å². The van der Waals surface area contributed by atoms with Gasteiger partial charge in [0.1, 0.15) is 10.8 Å². The van der Waals surface area contributed by atoms with Gasteiger partial charge in [-0.2, -0.15) is 5.10 Å². The van der Waals surface area contributed by atoms with Crippen LogP contribution >= 0.6 is 11.3 Å². The molecule has 5 rings (SSSR count). The third-order valence-electron chi connectivity index (χ3n) is 4.99. The van der Waals surface area contributed by atoms with Gasteiger partial charge < -0.3 is 15.3 Å². The minimum Gasteiger partial charge on any atom is -0.508 e. The van der Waals surface area contributed by atoms with Crippen molar-refractivity contribution in [3.05, 3.63) is 78.5 Å². The van der Waals surface area contributed by atoms with Crippen molar-refractivity contribution in [2.45, 2.75) is 0 Å². The molecule has 0 saturated heterocycles. The summed E-state index contributed by atoms with van der Waals surface area (Å²) in [6.07, 6.45) is 1.77. The van der Waals surface area contributed by atoms with E-state index in [9.17, 15) is 9.90 Å². The standard InChI is InChI=1S/C23H18N6O2S/c1-29(22(31)15-5-3-7-19(30)12-15)18-6-2-4-14(11-18)21-27-28-23(32-21)25-17-8-9-20-16(10-17)13-24-26-20/h2-13,30H,1H3,(H,24,26)(H,25,28). The van der Waals surface area contributed by atoms with Crippen LogP contribution in [0.15, 0.2) is 72.9 Å². The molecule has 3 N–H and O–H groups in total. The molecule has 9 heteroatoms. The van der Waals surface area contributed by atoms with Crippen LogP contribution in [-0.2, 0) is 0 Å². The molecule has 158 valence electrons. The molecule has 0 atom stereocenters. The van der Waals surface area contributed by atoms with Crippen LogP contribution in [0.3, 0.4) is 0 Å². The monoisotopic (exact) mass is 442 g/mol. The van der Waals surface area contributed by atoms with E-state index in [1.54, 1.807) is 30.3 Å². The maximum Gasteiger partial charge on any atom is 0.258 e. The van der Waals surface area contributed by atoms with Gasteiger partial charge in [-0.25, -0.2) is 0 Å². The topological polar surface area (TPSA) is 107 Å². The number of carbonyl (C=O) groups excluding carboxylic acids is 1. The molecule has 0 bridgehead atoms. The number of hydrogen-bond acceptors (Lipinski definition) is 7. The van der Waals surface area contributed by atoms with Gasteiger partial charge in [-0.05, 0) is 48.5 Å². The maximum atomic E-state index is 12.8. The fourth-order valence-electron chi connectivity index (χ4n) is 3.33. The number of phenols is 1. The Hall–Kier alpha value is -4.24. The van der Waals surface area contributed by atoms with Crippen molar-refractivity contribution >= 4 is 44.7 Å². The number of rotatable bonds is 5. The van der Waals surface area contributed by atoms with Crippen molar-refractivity contribution in [1.82, 2.24) is 20.4 Å². The van der Waals surface area contributed by atoms with Crippen LogP contribution in [-0.4, -0.2) is 38.5 Å². The summed E-state index contributed by atoms with van der Waals surface area (Å²) in [6, 6.07) is 19.7. The highest BCUT2D eigenvalue weighted by Gasteiger charge is 2.15. The summed E-state index contributed by atoms with van der Waals surface area (Å²) in [5.41, 5.74) is 3.84. The Morgan fingerprint density at radius 1 is 1.06 bits per heavy atom. The van der Waals surface area contributed by atoms with Gasteiger partial charge in [0.15, 0.2) is 0 Å². The van der Waals surface area contributed by atoms with Gasteiger partial charge in [-0.3, -0.25) is 9.89 Å². The zero-order valence-corrected chi connectivity index (χ0v) is 17.8. The van der Waals surface area contributed by atoms with Crippen LogP contribution in [0.2, 0.25) is 0 Å². The SMILES string of the molecule is CN(C(=O)c1cccc(O)c1)c1cccc(-c2nnc(Nc3ccc4[nH]ncc4c3)s2)c1. The number of H-pyrrole nitrogens is 1. The maximum absolute atomic E-state index is 12.8. The van der Waals surface area contributed by atoms with Crippen LogP contribution in [0.4, 0.5) is 16.5 Å². The molecule has 0 spiro atoms. The quantitative estimate of drug-likeness (QED) is 0.361. The van der Waals surface area contributed by atoms with Gasteiger partial charge in [-0.15, -0.1) is 10.2 Å². The summed E-state index contributed by atoms with van der Waals surface area (Å²) in [5.74, 6) is -0.161. The van der Waals surface area contributed by atoms with Gasteiger partial charge in [-0.1, -0.05) is 29.5 Å². The summed E-state index contributed by atoms with van der Waals surface area (Å²) in [7, 11) is 1.70. The third kappa shape index (κ3) is 3.88. The molecule has 2 aromatic heterocycles. The molecule has 0 unspecified atom stereocenters. The predicted molar refractivity (Wildman–Crippen MR) is 126 cm³/mol. The molecule has 0 aliphatic heterocycles. The number of aromatic hydroxyl groups is 1. The number of aromatic nitrogens is 4. The predicted octanol–water partition coefficient (Wildman–Crippen LogP) is 4.81. The number of nitrogens with one attached hydrogen (secondary N) is 2. The second-order valence-electron chi connectivity index (χ2n) is 7.17. The fraction of sp³-hybridized carbons (Fsp3) is 0.0435. The van der Waals surface area contributed by atoms with E-state index in [2.05, 4.69) is 25.7 Å². The average Bonchev–Trinajstić information content (AvgIpc) is 3.47. The van der Waals surface area contributed by atoms with Crippen LogP contribution in [0.25, 0.3) is 21.5 Å². The Labute approximate surface area is 187 Å². The number of carbonyl (C=O) groups is 1. The Morgan fingerprint density at radius 2 is 1.94 bits per heavy atom. The Balaban J connectivity index is 1.36. The first-order chi connectivity index (χ1) is 15.6. The number of aromatic amines is 1. The zero-order chi connectivity index (χ0) is 22.1. The first-order valence-corrected chi connectivity index (χ1v) is 10.6. The van der Waals surface area contributed by atoms with E-state index in [0.29, 0.717) is 16.4 Å². The van der Waals surface area contributed by atoms with Gasteiger partial charge >= 0.3 is 0 Å². The molecule has 32 heavy (non-hydrogen) atoms. The molecule has 8 nitrogen and oxygen atoms in total. The molecule has 0 aliphatic rings. The summed E-state index contributed by atoms with van der Waals surface area (Å²) in [4.78, 5) is 14.3. The molecule has 0 aliphatic carbocycles. The highest BCUT2D eigenvalue weighted by molar-refractivity contribution is 7.18.